The molecule has 0 saturated carbocycles. The topological polar surface area (TPSA) is 24.1 Å². The second-order valence-electron chi connectivity index (χ2n) is 2.64. The summed E-state index contributed by atoms with van der Waals surface area (Å²) in [5.74, 6) is 0. The zero-order chi connectivity index (χ0) is 9.52. The lowest BCUT2D eigenvalue weighted by Gasteiger charge is -1.94. The third-order valence-corrected chi connectivity index (χ3v) is 3.93. The van der Waals surface area contributed by atoms with Gasteiger partial charge in [-0.1, -0.05) is 0 Å². The molecule has 0 saturated heterocycles. The van der Waals surface area contributed by atoms with Gasteiger partial charge in [-0.25, -0.2) is 0 Å². The summed E-state index contributed by atoms with van der Waals surface area (Å²) in [6, 6.07) is 4.47. The fraction of sp³-hybridized carbons (Fsp3) is 0.500. The van der Waals surface area contributed by atoms with Crippen molar-refractivity contribution in [2.75, 3.05) is 13.1 Å². The molecule has 1 aromatic rings. The molecule has 0 aliphatic rings. The predicted octanol–water partition coefficient (Wildman–Crippen LogP) is 2.71. The summed E-state index contributed by atoms with van der Waals surface area (Å²) in [4.78, 5) is 2.96. The van der Waals surface area contributed by atoms with Gasteiger partial charge in [-0.3, -0.25) is 7.06 Å². The van der Waals surface area contributed by atoms with Crippen LogP contribution in [-0.4, -0.2) is 13.1 Å². The molecule has 2 nitrogen and oxygen atoms in total. The molecule has 5 heteroatoms. The molecule has 0 amide bonds. The Morgan fingerprint density at radius 2 is 1.46 bits per heavy atom. The van der Waals surface area contributed by atoms with Crippen LogP contribution >= 0.6 is 57.1 Å². The standard InChI is InChI=1S/C8H12I2N2S/c9-11-5-3-7-1-2-8(13-7)4-6-12-10/h1-2,11-12H,3-6H2. The Kier molecular flexibility index (Phi) is 6.90. The molecule has 0 bridgehead atoms. The van der Waals surface area contributed by atoms with Crippen molar-refractivity contribution in [3.8, 4) is 0 Å². The van der Waals surface area contributed by atoms with E-state index in [0.29, 0.717) is 0 Å². The van der Waals surface area contributed by atoms with Crippen LogP contribution in [0.15, 0.2) is 12.1 Å². The van der Waals surface area contributed by atoms with Crippen molar-refractivity contribution in [3.05, 3.63) is 21.9 Å². The van der Waals surface area contributed by atoms with Crippen LogP contribution in [0.5, 0.6) is 0 Å². The average molecular weight is 422 g/mol. The van der Waals surface area contributed by atoms with Gasteiger partial charge in [0.05, 0.1) is 0 Å². The number of nitrogens with one attached hydrogen (secondary N) is 2. The van der Waals surface area contributed by atoms with Crippen LogP contribution in [0.1, 0.15) is 9.75 Å². The summed E-state index contributed by atoms with van der Waals surface area (Å²) in [6.45, 7) is 2.12. The van der Waals surface area contributed by atoms with E-state index in [-0.39, 0.29) is 0 Å². The molecule has 0 unspecified atom stereocenters. The second kappa shape index (κ2) is 7.38. The minimum atomic E-state index is 1.06. The van der Waals surface area contributed by atoms with E-state index >= 15 is 0 Å². The van der Waals surface area contributed by atoms with E-state index in [4.69, 9.17) is 0 Å². The lowest BCUT2D eigenvalue weighted by Crippen LogP contribution is -2.02. The highest BCUT2D eigenvalue weighted by Gasteiger charge is 1.99. The number of thiophene rings is 1. The Labute approximate surface area is 111 Å². The van der Waals surface area contributed by atoms with Gasteiger partial charge in [-0.2, -0.15) is 0 Å². The van der Waals surface area contributed by atoms with Crippen LogP contribution in [0, 0.1) is 0 Å². The van der Waals surface area contributed by atoms with Crippen molar-refractivity contribution in [1.82, 2.24) is 7.06 Å². The molecule has 1 aromatic heterocycles. The van der Waals surface area contributed by atoms with E-state index < -0.39 is 0 Å². The smallest absolute Gasteiger partial charge is 0.0169 e. The summed E-state index contributed by atoms with van der Waals surface area (Å²) < 4.78 is 6.26. The molecule has 1 heterocycles. The SMILES string of the molecule is INCCc1ccc(CCNI)s1. The van der Waals surface area contributed by atoms with Gasteiger partial charge in [-0.15, -0.1) is 11.3 Å². The van der Waals surface area contributed by atoms with E-state index in [2.05, 4.69) is 64.9 Å². The van der Waals surface area contributed by atoms with Crippen molar-refractivity contribution in [2.45, 2.75) is 12.8 Å². The summed E-state index contributed by atoms with van der Waals surface area (Å²) in [7, 11) is 0. The van der Waals surface area contributed by atoms with Crippen molar-refractivity contribution < 1.29 is 0 Å². The third-order valence-electron chi connectivity index (χ3n) is 1.65. The van der Waals surface area contributed by atoms with Crippen LogP contribution in [0.2, 0.25) is 0 Å². The highest BCUT2D eigenvalue weighted by molar-refractivity contribution is 14.1. The molecule has 0 aliphatic heterocycles. The van der Waals surface area contributed by atoms with E-state index in [1.165, 1.54) is 9.75 Å². The zero-order valence-electron chi connectivity index (χ0n) is 7.15. The molecule has 74 valence electrons. The molecule has 13 heavy (non-hydrogen) atoms. The number of halogens is 2. The Morgan fingerprint density at radius 1 is 1.00 bits per heavy atom. The van der Waals surface area contributed by atoms with Gasteiger partial charge in [0.1, 0.15) is 0 Å². The molecule has 0 aromatic carbocycles. The molecule has 2 N–H and O–H groups in total. The van der Waals surface area contributed by atoms with Gasteiger partial charge < -0.3 is 0 Å². The summed E-state index contributed by atoms with van der Waals surface area (Å²) in [5.41, 5.74) is 0. The van der Waals surface area contributed by atoms with Crippen molar-refractivity contribution >= 4 is 57.1 Å². The lowest BCUT2D eigenvalue weighted by molar-refractivity contribution is 0.948. The Bertz CT molecular complexity index is 217. The van der Waals surface area contributed by atoms with E-state index in [1.54, 1.807) is 0 Å². The molecule has 0 spiro atoms. The predicted molar refractivity (Wildman–Crippen MR) is 75.8 cm³/mol. The Hall–Kier alpha value is 1.08. The summed E-state index contributed by atoms with van der Waals surface area (Å²) in [6.07, 6.45) is 2.29. The molecule has 1 rings (SSSR count). The minimum absolute atomic E-state index is 1.06. The first-order valence-electron chi connectivity index (χ1n) is 4.11. The molecule has 0 aliphatic carbocycles. The third kappa shape index (κ3) is 4.91. The first kappa shape index (κ1) is 12.2. The maximum Gasteiger partial charge on any atom is 0.0169 e. The van der Waals surface area contributed by atoms with Crippen molar-refractivity contribution in [2.24, 2.45) is 0 Å². The van der Waals surface area contributed by atoms with E-state index in [1.807, 2.05) is 11.3 Å². The summed E-state index contributed by atoms with van der Waals surface area (Å²) in [5, 5.41) is 0. The van der Waals surface area contributed by atoms with Gasteiger partial charge in [-0.05, 0) is 25.0 Å². The molecular formula is C8H12I2N2S. The van der Waals surface area contributed by atoms with Gasteiger partial charge in [0.15, 0.2) is 0 Å². The lowest BCUT2D eigenvalue weighted by atomic mass is 10.3. The summed E-state index contributed by atoms with van der Waals surface area (Å²) >= 11 is 6.30. The van der Waals surface area contributed by atoms with Crippen LogP contribution in [0.3, 0.4) is 0 Å². The number of rotatable bonds is 6. The monoisotopic (exact) mass is 422 g/mol. The van der Waals surface area contributed by atoms with Gasteiger partial charge >= 0.3 is 0 Å². The van der Waals surface area contributed by atoms with Crippen molar-refractivity contribution in [3.63, 3.8) is 0 Å². The quantitative estimate of drug-likeness (QED) is 0.545. The second-order valence-corrected chi connectivity index (χ2v) is 5.41. The van der Waals surface area contributed by atoms with Gasteiger partial charge in [0.2, 0.25) is 0 Å². The molecule has 0 atom stereocenters. The van der Waals surface area contributed by atoms with E-state index in [9.17, 15) is 0 Å². The molecule has 0 fully saturated rings. The fourth-order valence-corrected chi connectivity index (χ4v) is 2.59. The first-order chi connectivity index (χ1) is 6.36. The Balaban J connectivity index is 2.34. The highest BCUT2D eigenvalue weighted by Crippen LogP contribution is 2.17. The van der Waals surface area contributed by atoms with E-state index in [0.717, 1.165) is 25.9 Å². The average Bonchev–Trinajstić information content (AvgIpc) is 2.59. The highest BCUT2D eigenvalue weighted by atomic mass is 127. The number of hydrogen-bond acceptors (Lipinski definition) is 3. The van der Waals surface area contributed by atoms with Crippen LogP contribution in [0.25, 0.3) is 0 Å². The van der Waals surface area contributed by atoms with Crippen LogP contribution in [-0.2, 0) is 12.8 Å². The van der Waals surface area contributed by atoms with Crippen molar-refractivity contribution in [1.29, 1.82) is 0 Å². The first-order valence-corrected chi connectivity index (χ1v) is 7.09. The zero-order valence-corrected chi connectivity index (χ0v) is 12.3. The Morgan fingerprint density at radius 3 is 1.85 bits per heavy atom. The van der Waals surface area contributed by atoms with Crippen LogP contribution < -0.4 is 7.06 Å². The number of hydrogen-bond donors (Lipinski definition) is 2. The van der Waals surface area contributed by atoms with Gasteiger partial charge in [0.25, 0.3) is 0 Å². The fourth-order valence-electron chi connectivity index (χ4n) is 1.03. The van der Waals surface area contributed by atoms with Gasteiger partial charge in [0, 0.05) is 68.6 Å². The molecular weight excluding hydrogens is 410 g/mol. The minimum Gasteiger partial charge on any atom is -0.261 e. The largest absolute Gasteiger partial charge is 0.261 e. The molecule has 0 radical (unpaired) electrons. The maximum absolute atomic E-state index is 3.13. The normalized spacial score (nSPS) is 10.6. The van der Waals surface area contributed by atoms with Crippen LogP contribution in [0.4, 0.5) is 0 Å². The maximum atomic E-state index is 3.13.